The maximum absolute atomic E-state index is 12.7. The molecule has 136 valence electrons. The average Bonchev–Trinajstić information content (AvgIpc) is 2.69. The van der Waals surface area contributed by atoms with E-state index in [4.69, 9.17) is 4.74 Å². The number of rotatable bonds is 4. The topological polar surface area (TPSA) is 71.5 Å². The highest BCUT2D eigenvalue weighted by atomic mass is 32.2. The quantitative estimate of drug-likeness (QED) is 0.895. The highest BCUT2D eigenvalue weighted by molar-refractivity contribution is 7.99. The zero-order valence-corrected chi connectivity index (χ0v) is 15.6. The predicted molar refractivity (Wildman–Crippen MR) is 103 cm³/mol. The van der Waals surface area contributed by atoms with E-state index in [2.05, 4.69) is 10.3 Å². The SMILES string of the molecule is COc1ncccc1C(=O)Nc1cc(C(=O)N2CCSCC2)ccc1C. The third-order valence-electron chi connectivity index (χ3n) is 4.24. The molecule has 1 N–H and O–H groups in total. The standard InChI is InChI=1S/C19H21N3O3S/c1-13-5-6-14(19(24)22-8-10-26-11-9-22)12-16(13)21-17(23)15-4-3-7-20-18(15)25-2/h3-7,12H,8-11H2,1-2H3,(H,21,23). The molecule has 1 aromatic heterocycles. The summed E-state index contributed by atoms with van der Waals surface area (Å²) in [5.74, 6) is 1.86. The molecule has 2 aromatic rings. The number of benzene rings is 1. The van der Waals surface area contributed by atoms with Crippen molar-refractivity contribution in [2.75, 3.05) is 37.0 Å². The van der Waals surface area contributed by atoms with E-state index in [1.807, 2.05) is 29.7 Å². The fourth-order valence-corrected chi connectivity index (χ4v) is 3.66. The number of thioether (sulfide) groups is 1. The lowest BCUT2D eigenvalue weighted by Gasteiger charge is -2.26. The van der Waals surface area contributed by atoms with E-state index >= 15 is 0 Å². The molecule has 0 spiro atoms. The molecular formula is C19H21N3O3S. The van der Waals surface area contributed by atoms with Gasteiger partial charge in [-0.25, -0.2) is 4.98 Å². The molecule has 0 aliphatic carbocycles. The minimum atomic E-state index is -0.322. The van der Waals surface area contributed by atoms with Crippen molar-refractivity contribution in [3.05, 3.63) is 53.2 Å². The van der Waals surface area contributed by atoms with Crippen LogP contribution in [-0.4, -0.2) is 53.4 Å². The van der Waals surface area contributed by atoms with Crippen LogP contribution in [0.4, 0.5) is 5.69 Å². The van der Waals surface area contributed by atoms with E-state index in [1.165, 1.54) is 7.11 Å². The first kappa shape index (κ1) is 18.3. The zero-order valence-electron chi connectivity index (χ0n) is 14.8. The molecule has 0 radical (unpaired) electrons. The maximum atomic E-state index is 12.7. The second kappa shape index (κ2) is 8.23. The molecule has 0 bridgehead atoms. The number of nitrogens with one attached hydrogen (secondary N) is 1. The number of carbonyl (C=O) groups is 2. The molecule has 2 amide bonds. The van der Waals surface area contributed by atoms with Crippen molar-refractivity contribution < 1.29 is 14.3 Å². The Kier molecular flexibility index (Phi) is 5.78. The third kappa shape index (κ3) is 3.99. The van der Waals surface area contributed by atoms with Gasteiger partial charge in [-0.3, -0.25) is 9.59 Å². The summed E-state index contributed by atoms with van der Waals surface area (Å²) in [6, 6.07) is 8.72. The molecule has 1 saturated heterocycles. The fraction of sp³-hybridized carbons (Fsp3) is 0.316. The fourth-order valence-electron chi connectivity index (χ4n) is 2.75. The number of pyridine rings is 1. The van der Waals surface area contributed by atoms with Crippen LogP contribution in [0.15, 0.2) is 36.5 Å². The second-order valence-electron chi connectivity index (χ2n) is 5.95. The summed E-state index contributed by atoms with van der Waals surface area (Å²) in [5, 5.41) is 2.87. The number of ether oxygens (including phenoxy) is 1. The Morgan fingerprint density at radius 1 is 1.23 bits per heavy atom. The molecule has 0 unspecified atom stereocenters. The minimum absolute atomic E-state index is 0.000225. The molecule has 6 nitrogen and oxygen atoms in total. The van der Waals surface area contributed by atoms with E-state index in [9.17, 15) is 9.59 Å². The van der Waals surface area contributed by atoms with Gasteiger partial charge in [0, 0.05) is 42.0 Å². The Balaban J connectivity index is 1.81. The van der Waals surface area contributed by atoms with Crippen LogP contribution in [0.25, 0.3) is 0 Å². The molecule has 2 heterocycles. The van der Waals surface area contributed by atoms with Gasteiger partial charge in [0.25, 0.3) is 11.8 Å². The molecule has 26 heavy (non-hydrogen) atoms. The highest BCUT2D eigenvalue weighted by Gasteiger charge is 2.20. The lowest BCUT2D eigenvalue weighted by Crippen LogP contribution is -2.37. The monoisotopic (exact) mass is 371 g/mol. The van der Waals surface area contributed by atoms with E-state index in [0.717, 1.165) is 30.2 Å². The first-order valence-corrected chi connectivity index (χ1v) is 9.53. The number of amides is 2. The summed E-state index contributed by atoms with van der Waals surface area (Å²) in [6.07, 6.45) is 1.57. The van der Waals surface area contributed by atoms with Crippen LogP contribution in [0.5, 0.6) is 5.88 Å². The summed E-state index contributed by atoms with van der Waals surface area (Å²) in [6.45, 7) is 3.40. The molecule has 3 rings (SSSR count). The number of hydrogen-bond acceptors (Lipinski definition) is 5. The van der Waals surface area contributed by atoms with Gasteiger partial charge in [0.2, 0.25) is 5.88 Å². The van der Waals surface area contributed by atoms with Gasteiger partial charge < -0.3 is 15.0 Å². The van der Waals surface area contributed by atoms with Gasteiger partial charge in [0.1, 0.15) is 5.56 Å². The normalized spacial score (nSPS) is 14.0. The summed E-state index contributed by atoms with van der Waals surface area (Å²) in [5.41, 5.74) is 2.42. The van der Waals surface area contributed by atoms with E-state index in [1.54, 1.807) is 30.5 Å². The Bertz CT molecular complexity index is 819. The summed E-state index contributed by atoms with van der Waals surface area (Å²) in [7, 11) is 1.47. The summed E-state index contributed by atoms with van der Waals surface area (Å²) < 4.78 is 5.14. The Hall–Kier alpha value is -2.54. The molecule has 1 fully saturated rings. The van der Waals surface area contributed by atoms with Crippen molar-refractivity contribution in [2.45, 2.75) is 6.92 Å². The molecule has 0 saturated carbocycles. The van der Waals surface area contributed by atoms with Crippen molar-refractivity contribution in [1.29, 1.82) is 0 Å². The van der Waals surface area contributed by atoms with Crippen LogP contribution < -0.4 is 10.1 Å². The van der Waals surface area contributed by atoms with Crippen LogP contribution in [0.2, 0.25) is 0 Å². The van der Waals surface area contributed by atoms with Gasteiger partial charge in [0.15, 0.2) is 0 Å². The number of aromatic nitrogens is 1. The zero-order chi connectivity index (χ0) is 18.5. The number of carbonyl (C=O) groups excluding carboxylic acids is 2. The van der Waals surface area contributed by atoms with Gasteiger partial charge in [-0.2, -0.15) is 11.8 Å². The predicted octanol–water partition coefficient (Wildman–Crippen LogP) is 2.84. The van der Waals surface area contributed by atoms with Crippen LogP contribution in [0, 0.1) is 6.92 Å². The van der Waals surface area contributed by atoms with Gasteiger partial charge in [-0.1, -0.05) is 6.07 Å². The molecule has 1 aliphatic heterocycles. The van der Waals surface area contributed by atoms with Crippen LogP contribution in [0.3, 0.4) is 0 Å². The molecule has 0 atom stereocenters. The Labute approximate surface area is 156 Å². The number of aryl methyl sites for hydroxylation is 1. The van der Waals surface area contributed by atoms with E-state index in [-0.39, 0.29) is 17.7 Å². The average molecular weight is 371 g/mol. The maximum Gasteiger partial charge on any atom is 0.261 e. The first-order valence-electron chi connectivity index (χ1n) is 8.38. The van der Waals surface area contributed by atoms with Crippen LogP contribution >= 0.6 is 11.8 Å². The lowest BCUT2D eigenvalue weighted by atomic mass is 10.1. The number of anilines is 1. The van der Waals surface area contributed by atoms with Gasteiger partial charge in [-0.15, -0.1) is 0 Å². The van der Waals surface area contributed by atoms with Crippen molar-refractivity contribution in [2.24, 2.45) is 0 Å². The van der Waals surface area contributed by atoms with Crippen molar-refractivity contribution in [1.82, 2.24) is 9.88 Å². The third-order valence-corrected chi connectivity index (χ3v) is 5.18. The van der Waals surface area contributed by atoms with Crippen molar-refractivity contribution in [3.63, 3.8) is 0 Å². The largest absolute Gasteiger partial charge is 0.480 e. The second-order valence-corrected chi connectivity index (χ2v) is 7.17. The summed E-state index contributed by atoms with van der Waals surface area (Å²) >= 11 is 1.86. The number of nitrogens with zero attached hydrogens (tertiary/aromatic N) is 2. The van der Waals surface area contributed by atoms with Gasteiger partial charge in [-0.05, 0) is 36.8 Å². The molecule has 1 aliphatic rings. The van der Waals surface area contributed by atoms with Crippen LogP contribution in [0.1, 0.15) is 26.3 Å². The van der Waals surface area contributed by atoms with Crippen LogP contribution in [-0.2, 0) is 0 Å². The van der Waals surface area contributed by atoms with Crippen molar-refractivity contribution in [3.8, 4) is 5.88 Å². The smallest absolute Gasteiger partial charge is 0.261 e. The van der Waals surface area contributed by atoms with Gasteiger partial charge in [0.05, 0.1) is 7.11 Å². The van der Waals surface area contributed by atoms with E-state index in [0.29, 0.717) is 16.8 Å². The summed E-state index contributed by atoms with van der Waals surface area (Å²) in [4.78, 5) is 31.2. The number of hydrogen-bond donors (Lipinski definition) is 1. The van der Waals surface area contributed by atoms with Crippen molar-refractivity contribution >= 4 is 29.3 Å². The molecule has 7 heteroatoms. The Morgan fingerprint density at radius 2 is 2.00 bits per heavy atom. The lowest BCUT2D eigenvalue weighted by molar-refractivity contribution is 0.0772. The minimum Gasteiger partial charge on any atom is -0.480 e. The molecule has 1 aromatic carbocycles. The van der Waals surface area contributed by atoms with Gasteiger partial charge >= 0.3 is 0 Å². The molecular weight excluding hydrogens is 350 g/mol. The first-order chi connectivity index (χ1) is 12.6. The highest BCUT2D eigenvalue weighted by Crippen LogP contribution is 2.22. The Morgan fingerprint density at radius 3 is 2.73 bits per heavy atom. The van der Waals surface area contributed by atoms with E-state index < -0.39 is 0 Å². The number of methoxy groups -OCH3 is 1.